The fourth-order valence-corrected chi connectivity index (χ4v) is 2.83. The average Bonchev–Trinajstić information content (AvgIpc) is 2.79. The summed E-state index contributed by atoms with van der Waals surface area (Å²) in [5.41, 5.74) is 4.35. The number of ether oxygens (including phenoxy) is 2. The van der Waals surface area contributed by atoms with Gasteiger partial charge in [-0.15, -0.1) is 0 Å². The van der Waals surface area contributed by atoms with Crippen LogP contribution in [0.25, 0.3) is 0 Å². The molecular weight excluding hydrogens is 422 g/mol. The smallest absolute Gasteiger partial charge is 0.341 e. The SMILES string of the molecule is COC(=O)c1c(/C=N/Nc2ncnc(Nc3cccc(OC)c3)c2C=N)ccnc1Cl. The maximum absolute atomic E-state index is 12.0. The number of nitrogens with one attached hydrogen (secondary N) is 3. The van der Waals surface area contributed by atoms with Crippen LogP contribution in [0.1, 0.15) is 21.5 Å². The van der Waals surface area contributed by atoms with Gasteiger partial charge in [0.1, 0.15) is 28.6 Å². The van der Waals surface area contributed by atoms with Crippen molar-refractivity contribution in [1.82, 2.24) is 15.0 Å². The third kappa shape index (κ3) is 5.11. The molecule has 11 heteroatoms. The van der Waals surface area contributed by atoms with Gasteiger partial charge >= 0.3 is 5.97 Å². The first-order chi connectivity index (χ1) is 15.1. The summed E-state index contributed by atoms with van der Waals surface area (Å²) < 4.78 is 9.95. The second-order valence-electron chi connectivity index (χ2n) is 5.91. The predicted molar refractivity (Wildman–Crippen MR) is 118 cm³/mol. The van der Waals surface area contributed by atoms with E-state index >= 15 is 0 Å². The second-order valence-corrected chi connectivity index (χ2v) is 6.27. The van der Waals surface area contributed by atoms with E-state index in [1.165, 1.54) is 25.8 Å². The molecule has 1 aromatic carbocycles. The molecule has 158 valence electrons. The number of methoxy groups -OCH3 is 2. The summed E-state index contributed by atoms with van der Waals surface area (Å²) in [6.45, 7) is 0. The monoisotopic (exact) mass is 439 g/mol. The number of hydrogen-bond donors (Lipinski definition) is 3. The zero-order valence-electron chi connectivity index (χ0n) is 16.6. The predicted octanol–water partition coefficient (Wildman–Crippen LogP) is 3.51. The van der Waals surface area contributed by atoms with Crippen molar-refractivity contribution in [3.05, 3.63) is 64.7 Å². The van der Waals surface area contributed by atoms with Gasteiger partial charge in [-0.2, -0.15) is 5.10 Å². The van der Waals surface area contributed by atoms with Crippen LogP contribution in [0.5, 0.6) is 5.75 Å². The fourth-order valence-electron chi connectivity index (χ4n) is 2.58. The second kappa shape index (κ2) is 10.1. The first-order valence-corrected chi connectivity index (χ1v) is 9.23. The van der Waals surface area contributed by atoms with Crippen LogP contribution in [0, 0.1) is 5.41 Å². The number of esters is 1. The Labute approximate surface area is 182 Å². The van der Waals surface area contributed by atoms with Crippen molar-refractivity contribution < 1.29 is 14.3 Å². The molecule has 0 fully saturated rings. The molecule has 3 aromatic rings. The van der Waals surface area contributed by atoms with Crippen LogP contribution in [0.15, 0.2) is 48.0 Å². The number of aromatic nitrogens is 3. The lowest BCUT2D eigenvalue weighted by atomic mass is 10.1. The van der Waals surface area contributed by atoms with E-state index in [0.29, 0.717) is 22.7 Å². The summed E-state index contributed by atoms with van der Waals surface area (Å²) in [4.78, 5) is 24.2. The van der Waals surface area contributed by atoms with Crippen LogP contribution in [0.4, 0.5) is 17.3 Å². The first kappa shape index (κ1) is 21.7. The van der Waals surface area contributed by atoms with Gasteiger partial charge in [-0.3, -0.25) is 5.43 Å². The highest BCUT2D eigenvalue weighted by atomic mass is 35.5. The number of rotatable bonds is 8. The van der Waals surface area contributed by atoms with Crippen LogP contribution >= 0.6 is 11.6 Å². The third-order valence-corrected chi connectivity index (χ3v) is 4.35. The van der Waals surface area contributed by atoms with Gasteiger partial charge in [0.05, 0.1) is 26.0 Å². The van der Waals surface area contributed by atoms with E-state index < -0.39 is 5.97 Å². The van der Waals surface area contributed by atoms with Gasteiger partial charge in [0.2, 0.25) is 0 Å². The number of hydrazone groups is 1. The molecule has 2 heterocycles. The number of benzene rings is 1. The molecule has 0 aliphatic carbocycles. The van der Waals surface area contributed by atoms with E-state index in [0.717, 1.165) is 11.9 Å². The molecule has 0 aliphatic rings. The normalized spacial score (nSPS) is 10.5. The summed E-state index contributed by atoms with van der Waals surface area (Å²) in [5.74, 6) is 0.729. The molecule has 0 radical (unpaired) electrons. The number of hydrogen-bond acceptors (Lipinski definition) is 10. The molecule has 0 unspecified atom stereocenters. The Morgan fingerprint density at radius 3 is 2.74 bits per heavy atom. The maximum atomic E-state index is 12.0. The van der Waals surface area contributed by atoms with Gasteiger partial charge in [-0.1, -0.05) is 17.7 Å². The van der Waals surface area contributed by atoms with E-state index in [1.807, 2.05) is 18.2 Å². The molecule has 0 saturated carbocycles. The standard InChI is InChI=1S/C20H18ClN7O3/c1-30-14-5-3-4-13(8-14)27-18-15(9-22)19(25-11-24-18)28-26-10-12-6-7-23-17(21)16(12)20(29)31-2/h3-11,22H,1-2H3,(H2,24,25,27,28)/b22-9?,26-10+. The van der Waals surface area contributed by atoms with Crippen molar-refractivity contribution in [3.8, 4) is 5.75 Å². The molecule has 3 rings (SSSR count). The molecule has 0 bridgehead atoms. The van der Waals surface area contributed by atoms with E-state index in [2.05, 4.69) is 30.8 Å². The summed E-state index contributed by atoms with van der Waals surface area (Å²) in [6, 6.07) is 8.84. The molecule has 0 atom stereocenters. The van der Waals surface area contributed by atoms with Gasteiger partial charge in [0.25, 0.3) is 0 Å². The Morgan fingerprint density at radius 1 is 1.19 bits per heavy atom. The Bertz CT molecular complexity index is 1140. The van der Waals surface area contributed by atoms with E-state index in [1.54, 1.807) is 19.2 Å². The molecular formula is C20H18ClN7O3. The highest BCUT2D eigenvalue weighted by Crippen LogP contribution is 2.24. The number of pyridine rings is 1. The van der Waals surface area contributed by atoms with E-state index in [-0.39, 0.29) is 16.5 Å². The van der Waals surface area contributed by atoms with Crippen molar-refractivity contribution in [2.75, 3.05) is 25.0 Å². The highest BCUT2D eigenvalue weighted by Gasteiger charge is 2.16. The van der Waals surface area contributed by atoms with Crippen LogP contribution in [0.3, 0.4) is 0 Å². The van der Waals surface area contributed by atoms with Gasteiger partial charge in [0, 0.05) is 29.7 Å². The topological polar surface area (TPSA) is 134 Å². The minimum atomic E-state index is -0.633. The van der Waals surface area contributed by atoms with Crippen LogP contribution in [-0.2, 0) is 4.74 Å². The Kier molecular flexibility index (Phi) is 7.07. The van der Waals surface area contributed by atoms with Crippen molar-refractivity contribution in [2.45, 2.75) is 0 Å². The molecule has 2 aromatic heterocycles. The molecule has 0 saturated heterocycles. The number of carbonyl (C=O) groups is 1. The van der Waals surface area contributed by atoms with Gasteiger partial charge in [-0.05, 0) is 18.2 Å². The number of carbonyl (C=O) groups excluding carboxylic acids is 1. The Morgan fingerprint density at radius 2 is 2.00 bits per heavy atom. The third-order valence-electron chi connectivity index (χ3n) is 4.06. The lowest BCUT2D eigenvalue weighted by Gasteiger charge is -2.11. The van der Waals surface area contributed by atoms with Crippen molar-refractivity contribution in [2.24, 2.45) is 5.10 Å². The van der Waals surface area contributed by atoms with Crippen molar-refractivity contribution in [3.63, 3.8) is 0 Å². The Balaban J connectivity index is 1.85. The number of anilines is 3. The molecule has 0 spiro atoms. The van der Waals surface area contributed by atoms with E-state index in [9.17, 15) is 4.79 Å². The van der Waals surface area contributed by atoms with Crippen molar-refractivity contribution in [1.29, 1.82) is 5.41 Å². The van der Waals surface area contributed by atoms with Crippen molar-refractivity contribution >= 4 is 47.3 Å². The van der Waals surface area contributed by atoms with Crippen LogP contribution < -0.4 is 15.5 Å². The lowest BCUT2D eigenvalue weighted by molar-refractivity contribution is 0.0600. The van der Waals surface area contributed by atoms with Gasteiger partial charge in [0.15, 0.2) is 5.82 Å². The van der Waals surface area contributed by atoms with E-state index in [4.69, 9.17) is 26.5 Å². The summed E-state index contributed by atoms with van der Waals surface area (Å²) in [6.07, 6.45) is 5.25. The minimum absolute atomic E-state index is 0.00259. The fraction of sp³-hybridized carbons (Fsp3) is 0.100. The number of halogens is 1. The average molecular weight is 440 g/mol. The molecule has 10 nitrogen and oxygen atoms in total. The molecule has 3 N–H and O–H groups in total. The van der Waals surface area contributed by atoms with Crippen LogP contribution in [-0.4, -0.2) is 47.6 Å². The quantitative estimate of drug-likeness (QED) is 0.210. The summed E-state index contributed by atoms with van der Waals surface area (Å²) >= 11 is 6.00. The zero-order chi connectivity index (χ0) is 22.2. The molecule has 0 aliphatic heterocycles. The Hall–Kier alpha value is -4.05. The maximum Gasteiger partial charge on any atom is 0.341 e. The zero-order valence-corrected chi connectivity index (χ0v) is 17.3. The summed E-state index contributed by atoms with van der Waals surface area (Å²) in [7, 11) is 2.83. The first-order valence-electron chi connectivity index (χ1n) is 8.85. The largest absolute Gasteiger partial charge is 0.497 e. The number of nitrogens with zero attached hydrogens (tertiary/aromatic N) is 4. The summed E-state index contributed by atoms with van der Waals surface area (Å²) in [5, 5.41) is 15.0. The molecule has 31 heavy (non-hydrogen) atoms. The molecule has 0 amide bonds. The van der Waals surface area contributed by atoms with Gasteiger partial charge in [-0.25, -0.2) is 19.7 Å². The van der Waals surface area contributed by atoms with Gasteiger partial charge < -0.3 is 20.2 Å². The lowest BCUT2D eigenvalue weighted by Crippen LogP contribution is -2.08. The highest BCUT2D eigenvalue weighted by molar-refractivity contribution is 6.33. The minimum Gasteiger partial charge on any atom is -0.497 e. The van der Waals surface area contributed by atoms with Crippen LogP contribution in [0.2, 0.25) is 5.15 Å².